The van der Waals surface area contributed by atoms with E-state index in [4.69, 9.17) is 5.73 Å². The zero-order chi connectivity index (χ0) is 9.97. The minimum Gasteiger partial charge on any atom is -0.325 e. The monoisotopic (exact) mass is 222 g/mol. The van der Waals surface area contributed by atoms with Crippen LogP contribution < -0.4 is 5.73 Å². The highest BCUT2D eigenvalue weighted by molar-refractivity contribution is 7.80. The zero-order valence-electron chi connectivity index (χ0n) is 7.47. The Bertz CT molecular complexity index is 437. The van der Waals surface area contributed by atoms with Crippen LogP contribution in [0, 0.1) is 0 Å². The minimum absolute atomic E-state index is 0.491. The fourth-order valence-corrected chi connectivity index (χ4v) is 2.39. The minimum atomic E-state index is 0.491. The van der Waals surface area contributed by atoms with Crippen LogP contribution in [0.5, 0.6) is 0 Å². The molecule has 0 unspecified atom stereocenters. The summed E-state index contributed by atoms with van der Waals surface area (Å²) in [5.41, 5.74) is 7.51. The van der Waals surface area contributed by atoms with Gasteiger partial charge in [-0.1, -0.05) is 18.2 Å². The molecule has 4 heteroatoms. The number of nitrogens with zero attached hydrogens (tertiary/aromatic N) is 1. The number of thiol groups is 1. The van der Waals surface area contributed by atoms with Gasteiger partial charge in [0.2, 0.25) is 0 Å². The Morgan fingerprint density at radius 2 is 2.14 bits per heavy atom. The van der Waals surface area contributed by atoms with Crippen LogP contribution in [-0.2, 0) is 6.54 Å². The Labute approximate surface area is 92.2 Å². The van der Waals surface area contributed by atoms with Crippen molar-refractivity contribution in [3.05, 3.63) is 35.3 Å². The maximum absolute atomic E-state index is 5.50. The molecule has 0 saturated heterocycles. The summed E-state index contributed by atoms with van der Waals surface area (Å²) in [5.74, 6) is 0. The Morgan fingerprint density at radius 1 is 1.36 bits per heavy atom. The van der Waals surface area contributed by atoms with E-state index < -0.39 is 0 Å². The highest BCUT2D eigenvalue weighted by Crippen LogP contribution is 2.28. The van der Waals surface area contributed by atoms with E-state index in [1.54, 1.807) is 11.3 Å². The molecule has 72 valence electrons. The Kier molecular flexibility index (Phi) is 2.86. The molecular weight excluding hydrogens is 212 g/mol. The van der Waals surface area contributed by atoms with Crippen molar-refractivity contribution in [2.75, 3.05) is 0 Å². The molecule has 0 bridgehead atoms. The molecule has 0 spiro atoms. The zero-order valence-corrected chi connectivity index (χ0v) is 9.18. The molecule has 0 atom stereocenters. The Hall–Kier alpha value is -0.840. The van der Waals surface area contributed by atoms with Crippen molar-refractivity contribution in [1.82, 2.24) is 4.98 Å². The molecule has 0 amide bonds. The van der Waals surface area contributed by atoms with Crippen LogP contribution in [-0.4, -0.2) is 4.98 Å². The number of benzene rings is 1. The van der Waals surface area contributed by atoms with Gasteiger partial charge in [0.25, 0.3) is 0 Å². The third kappa shape index (κ3) is 1.82. The maximum atomic E-state index is 5.50. The second-order valence-corrected chi connectivity index (χ2v) is 4.21. The van der Waals surface area contributed by atoms with Crippen molar-refractivity contribution in [2.45, 2.75) is 11.4 Å². The highest BCUT2D eigenvalue weighted by atomic mass is 32.1. The average molecular weight is 222 g/mol. The van der Waals surface area contributed by atoms with E-state index in [9.17, 15) is 0 Å². The first-order valence-electron chi connectivity index (χ1n) is 4.24. The molecule has 0 saturated carbocycles. The fraction of sp³-hybridized carbons (Fsp3) is 0.100. The number of hydrogen-bond donors (Lipinski definition) is 2. The molecule has 0 aliphatic rings. The van der Waals surface area contributed by atoms with Gasteiger partial charge in [0.05, 0.1) is 5.69 Å². The predicted molar refractivity (Wildman–Crippen MR) is 62.7 cm³/mol. The lowest BCUT2D eigenvalue weighted by Crippen LogP contribution is -1.95. The molecule has 0 radical (unpaired) electrons. The van der Waals surface area contributed by atoms with Crippen LogP contribution in [0.3, 0.4) is 0 Å². The lowest BCUT2D eigenvalue weighted by molar-refractivity contribution is 1.01. The molecule has 0 aliphatic carbocycles. The highest BCUT2D eigenvalue weighted by Gasteiger charge is 2.05. The summed E-state index contributed by atoms with van der Waals surface area (Å²) in [5, 5.41) is 2.96. The lowest BCUT2D eigenvalue weighted by atomic mass is 10.2. The van der Waals surface area contributed by atoms with Gasteiger partial charge in [-0.3, -0.25) is 0 Å². The summed E-state index contributed by atoms with van der Waals surface area (Å²) in [6.45, 7) is 0.491. The molecular formula is C10H10N2S2. The smallest absolute Gasteiger partial charge is 0.124 e. The summed E-state index contributed by atoms with van der Waals surface area (Å²) in [6.07, 6.45) is 0. The van der Waals surface area contributed by atoms with Gasteiger partial charge >= 0.3 is 0 Å². The van der Waals surface area contributed by atoms with Crippen molar-refractivity contribution in [3.63, 3.8) is 0 Å². The number of aromatic nitrogens is 1. The van der Waals surface area contributed by atoms with Gasteiger partial charge in [0.15, 0.2) is 0 Å². The summed E-state index contributed by atoms with van der Waals surface area (Å²) in [6, 6.07) is 7.92. The van der Waals surface area contributed by atoms with Crippen LogP contribution in [0.25, 0.3) is 10.6 Å². The van der Waals surface area contributed by atoms with E-state index in [0.717, 1.165) is 21.2 Å². The number of thiazole rings is 1. The topological polar surface area (TPSA) is 38.9 Å². The van der Waals surface area contributed by atoms with Gasteiger partial charge in [-0.05, 0) is 6.07 Å². The third-order valence-corrected chi connectivity index (χ3v) is 3.21. The molecule has 0 fully saturated rings. The van der Waals surface area contributed by atoms with E-state index in [1.807, 2.05) is 29.6 Å². The SMILES string of the molecule is NCc1csc(-c2ccccc2S)n1. The van der Waals surface area contributed by atoms with Gasteiger partial charge in [0, 0.05) is 22.4 Å². The van der Waals surface area contributed by atoms with Crippen LogP contribution in [0.15, 0.2) is 34.5 Å². The van der Waals surface area contributed by atoms with E-state index in [-0.39, 0.29) is 0 Å². The summed E-state index contributed by atoms with van der Waals surface area (Å²) < 4.78 is 0. The molecule has 0 aliphatic heterocycles. The van der Waals surface area contributed by atoms with Crippen molar-refractivity contribution in [3.8, 4) is 10.6 Å². The first kappa shape index (κ1) is 9.71. The number of rotatable bonds is 2. The molecule has 1 aromatic carbocycles. The second kappa shape index (κ2) is 4.13. The summed E-state index contributed by atoms with van der Waals surface area (Å²) >= 11 is 5.98. The van der Waals surface area contributed by atoms with Crippen LogP contribution in [0.1, 0.15) is 5.69 Å². The fourth-order valence-electron chi connectivity index (χ4n) is 1.18. The van der Waals surface area contributed by atoms with Crippen LogP contribution in [0.4, 0.5) is 0 Å². The first-order valence-corrected chi connectivity index (χ1v) is 5.57. The van der Waals surface area contributed by atoms with Gasteiger partial charge in [-0.25, -0.2) is 4.98 Å². The van der Waals surface area contributed by atoms with E-state index in [1.165, 1.54) is 0 Å². The Balaban J connectivity index is 2.44. The second-order valence-electron chi connectivity index (χ2n) is 2.87. The van der Waals surface area contributed by atoms with Gasteiger partial charge in [-0.2, -0.15) is 0 Å². The van der Waals surface area contributed by atoms with E-state index >= 15 is 0 Å². The number of nitrogens with two attached hydrogens (primary N) is 1. The van der Waals surface area contributed by atoms with E-state index in [0.29, 0.717) is 6.54 Å². The van der Waals surface area contributed by atoms with Gasteiger partial charge < -0.3 is 5.73 Å². The summed E-state index contributed by atoms with van der Waals surface area (Å²) in [7, 11) is 0. The van der Waals surface area contributed by atoms with Crippen LogP contribution >= 0.6 is 24.0 Å². The molecule has 2 aromatic rings. The average Bonchev–Trinajstić information content (AvgIpc) is 2.67. The molecule has 1 heterocycles. The Morgan fingerprint density at radius 3 is 2.79 bits per heavy atom. The van der Waals surface area contributed by atoms with Crippen molar-refractivity contribution >= 4 is 24.0 Å². The van der Waals surface area contributed by atoms with Crippen LogP contribution in [0.2, 0.25) is 0 Å². The largest absolute Gasteiger partial charge is 0.325 e. The van der Waals surface area contributed by atoms with E-state index in [2.05, 4.69) is 17.6 Å². The first-order chi connectivity index (χ1) is 6.81. The standard InChI is InChI=1S/C10H10N2S2/c11-5-7-6-14-10(12-7)8-3-1-2-4-9(8)13/h1-4,6,13H,5,11H2. The summed E-state index contributed by atoms with van der Waals surface area (Å²) in [4.78, 5) is 5.35. The molecule has 2 N–H and O–H groups in total. The molecule has 2 nitrogen and oxygen atoms in total. The quantitative estimate of drug-likeness (QED) is 0.766. The molecule has 1 aromatic heterocycles. The lowest BCUT2D eigenvalue weighted by Gasteiger charge is -1.99. The molecule has 14 heavy (non-hydrogen) atoms. The third-order valence-electron chi connectivity index (χ3n) is 1.90. The van der Waals surface area contributed by atoms with Crippen molar-refractivity contribution in [1.29, 1.82) is 0 Å². The normalized spacial score (nSPS) is 10.4. The van der Waals surface area contributed by atoms with Gasteiger partial charge in [0.1, 0.15) is 5.01 Å². The van der Waals surface area contributed by atoms with Gasteiger partial charge in [-0.15, -0.1) is 24.0 Å². The number of hydrogen-bond acceptors (Lipinski definition) is 4. The molecule has 2 rings (SSSR count). The van der Waals surface area contributed by atoms with Crippen molar-refractivity contribution in [2.24, 2.45) is 5.73 Å². The predicted octanol–water partition coefficient (Wildman–Crippen LogP) is 2.56. The van der Waals surface area contributed by atoms with Crippen molar-refractivity contribution < 1.29 is 0 Å². The maximum Gasteiger partial charge on any atom is 0.124 e.